The lowest BCUT2D eigenvalue weighted by molar-refractivity contribution is -0.119. The van der Waals surface area contributed by atoms with Crippen LogP contribution in [0.5, 0.6) is 11.5 Å². The zero-order valence-corrected chi connectivity index (χ0v) is 18.0. The van der Waals surface area contributed by atoms with Gasteiger partial charge in [-0.3, -0.25) is 4.79 Å². The van der Waals surface area contributed by atoms with Crippen LogP contribution in [0.15, 0.2) is 58.4 Å². The molecule has 3 rings (SSSR count). The highest BCUT2D eigenvalue weighted by Crippen LogP contribution is 2.32. The molecule has 0 radical (unpaired) electrons. The van der Waals surface area contributed by atoms with Gasteiger partial charge in [-0.25, -0.2) is 4.99 Å². The topological polar surface area (TPSA) is 84.0 Å². The van der Waals surface area contributed by atoms with E-state index >= 15 is 0 Å². The molecule has 1 amide bonds. The van der Waals surface area contributed by atoms with Gasteiger partial charge in [-0.2, -0.15) is 0 Å². The summed E-state index contributed by atoms with van der Waals surface area (Å²) < 4.78 is 11.4. The first-order valence-electron chi connectivity index (χ1n) is 10.1. The molecule has 0 saturated carbocycles. The van der Waals surface area contributed by atoms with Crippen molar-refractivity contribution in [2.24, 2.45) is 4.99 Å². The Balaban J connectivity index is 1.61. The number of amides is 1. The van der Waals surface area contributed by atoms with Crippen LogP contribution in [-0.2, 0) is 4.79 Å². The van der Waals surface area contributed by atoms with E-state index in [0.717, 1.165) is 23.6 Å². The number of aliphatic imine (C=N–C) groups is 1. The van der Waals surface area contributed by atoms with E-state index in [0.29, 0.717) is 38.0 Å². The molecule has 7 nitrogen and oxygen atoms in total. The zero-order valence-electron chi connectivity index (χ0n) is 17.1. The minimum absolute atomic E-state index is 0.0551. The van der Waals surface area contributed by atoms with Crippen molar-refractivity contribution in [2.75, 3.05) is 43.9 Å². The predicted octanol–water partition coefficient (Wildman–Crippen LogP) is 3.13. The number of nitrogens with one attached hydrogen (secondary N) is 3. The Morgan fingerprint density at radius 3 is 2.67 bits per heavy atom. The molecular formula is C22H28N4O3S. The van der Waals surface area contributed by atoms with E-state index in [9.17, 15) is 4.79 Å². The molecule has 2 aromatic rings. The monoisotopic (exact) mass is 428 g/mol. The van der Waals surface area contributed by atoms with Gasteiger partial charge in [0.1, 0.15) is 6.54 Å². The maximum atomic E-state index is 11.8. The van der Waals surface area contributed by atoms with Gasteiger partial charge in [0.2, 0.25) is 5.91 Å². The van der Waals surface area contributed by atoms with Crippen molar-refractivity contribution in [1.82, 2.24) is 10.6 Å². The number of ether oxygens (including phenoxy) is 2. The van der Waals surface area contributed by atoms with Crippen molar-refractivity contribution >= 4 is 29.3 Å². The quantitative estimate of drug-likeness (QED) is 0.259. The van der Waals surface area contributed by atoms with E-state index in [-0.39, 0.29) is 12.5 Å². The van der Waals surface area contributed by atoms with Gasteiger partial charge >= 0.3 is 0 Å². The van der Waals surface area contributed by atoms with Gasteiger partial charge in [0, 0.05) is 41.9 Å². The minimum atomic E-state index is -0.115. The lowest BCUT2D eigenvalue weighted by atomic mass is 10.3. The van der Waals surface area contributed by atoms with E-state index < -0.39 is 0 Å². The third-order valence-corrected chi connectivity index (χ3v) is 5.19. The molecule has 0 saturated heterocycles. The van der Waals surface area contributed by atoms with Crippen molar-refractivity contribution in [2.45, 2.75) is 18.2 Å². The number of fused-ring (bicyclic) bond motifs is 1. The number of carbonyl (C=O) groups excluding carboxylic acids is 1. The van der Waals surface area contributed by atoms with E-state index in [1.807, 2.05) is 43.3 Å². The summed E-state index contributed by atoms with van der Waals surface area (Å²) in [6, 6.07) is 15.9. The molecule has 1 heterocycles. The second kappa shape index (κ2) is 12.0. The summed E-state index contributed by atoms with van der Waals surface area (Å²) in [7, 11) is 0. The van der Waals surface area contributed by atoms with Gasteiger partial charge < -0.3 is 25.4 Å². The normalized spacial score (nSPS) is 13.3. The highest BCUT2D eigenvalue weighted by atomic mass is 32.2. The van der Waals surface area contributed by atoms with Crippen molar-refractivity contribution < 1.29 is 14.3 Å². The van der Waals surface area contributed by atoms with Crippen LogP contribution in [0.2, 0.25) is 0 Å². The zero-order chi connectivity index (χ0) is 21.0. The summed E-state index contributed by atoms with van der Waals surface area (Å²) in [6.45, 7) is 4.51. The highest BCUT2D eigenvalue weighted by molar-refractivity contribution is 7.99. The Bertz CT molecular complexity index is 846. The maximum Gasteiger partial charge on any atom is 0.241 e. The van der Waals surface area contributed by atoms with Crippen LogP contribution in [0, 0.1) is 0 Å². The SMILES string of the molecule is CCNC(=O)CN=C(NCCSc1ccccc1)Nc1ccc2c(c1)OCCCO2. The Labute approximate surface area is 181 Å². The van der Waals surface area contributed by atoms with Crippen molar-refractivity contribution in [1.29, 1.82) is 0 Å². The number of hydrogen-bond acceptors (Lipinski definition) is 5. The molecule has 0 bridgehead atoms. The fourth-order valence-corrected chi connectivity index (χ4v) is 3.57. The number of thioether (sulfide) groups is 1. The summed E-state index contributed by atoms with van der Waals surface area (Å²) in [4.78, 5) is 17.5. The fraction of sp³-hybridized carbons (Fsp3) is 0.364. The summed E-state index contributed by atoms with van der Waals surface area (Å²) in [5, 5.41) is 9.31. The van der Waals surface area contributed by atoms with Crippen LogP contribution in [0.25, 0.3) is 0 Å². The number of likely N-dealkylation sites (N-methyl/N-ethyl adjacent to an activating group) is 1. The Morgan fingerprint density at radius 2 is 1.87 bits per heavy atom. The molecule has 30 heavy (non-hydrogen) atoms. The number of guanidine groups is 1. The van der Waals surface area contributed by atoms with Crippen LogP contribution >= 0.6 is 11.8 Å². The van der Waals surface area contributed by atoms with E-state index in [1.54, 1.807) is 11.8 Å². The lowest BCUT2D eigenvalue weighted by Gasteiger charge is -2.14. The highest BCUT2D eigenvalue weighted by Gasteiger charge is 2.11. The standard InChI is InChI=1S/C22H28N4O3S/c1-2-23-21(27)16-25-22(24-11-14-30-18-7-4-3-5-8-18)26-17-9-10-19-20(15-17)29-13-6-12-28-19/h3-5,7-10,15H,2,6,11-14,16H2,1H3,(H,23,27)(H2,24,25,26). The maximum absolute atomic E-state index is 11.8. The Hall–Kier alpha value is -2.87. The number of carbonyl (C=O) groups is 1. The first-order chi connectivity index (χ1) is 14.7. The van der Waals surface area contributed by atoms with Crippen molar-refractivity contribution in [3.05, 3.63) is 48.5 Å². The first-order valence-corrected chi connectivity index (χ1v) is 11.1. The van der Waals surface area contributed by atoms with E-state index in [4.69, 9.17) is 9.47 Å². The molecule has 3 N–H and O–H groups in total. The van der Waals surface area contributed by atoms with Crippen LogP contribution in [-0.4, -0.2) is 50.5 Å². The van der Waals surface area contributed by atoms with Crippen LogP contribution in [0.3, 0.4) is 0 Å². The van der Waals surface area contributed by atoms with Gasteiger partial charge in [-0.15, -0.1) is 11.8 Å². The Morgan fingerprint density at radius 1 is 1.07 bits per heavy atom. The molecule has 0 unspecified atom stereocenters. The molecule has 2 aromatic carbocycles. The molecule has 0 fully saturated rings. The third-order valence-electron chi connectivity index (χ3n) is 4.17. The summed E-state index contributed by atoms with van der Waals surface area (Å²) in [5.41, 5.74) is 0.817. The fourth-order valence-electron chi connectivity index (χ4n) is 2.78. The predicted molar refractivity (Wildman–Crippen MR) is 122 cm³/mol. The van der Waals surface area contributed by atoms with Gasteiger partial charge in [0.25, 0.3) is 0 Å². The van der Waals surface area contributed by atoms with Gasteiger partial charge in [-0.1, -0.05) is 18.2 Å². The molecule has 0 atom stereocenters. The molecule has 0 aliphatic carbocycles. The largest absolute Gasteiger partial charge is 0.490 e. The summed E-state index contributed by atoms with van der Waals surface area (Å²) >= 11 is 1.76. The van der Waals surface area contributed by atoms with Gasteiger partial charge in [-0.05, 0) is 31.2 Å². The first kappa shape index (κ1) is 21.8. The number of anilines is 1. The molecule has 1 aliphatic heterocycles. The van der Waals surface area contributed by atoms with E-state index in [2.05, 4.69) is 33.1 Å². The summed E-state index contributed by atoms with van der Waals surface area (Å²) in [5.74, 6) is 2.75. The molecule has 1 aliphatic rings. The molecule has 0 aromatic heterocycles. The molecule has 8 heteroatoms. The second-order valence-electron chi connectivity index (χ2n) is 6.54. The number of hydrogen-bond donors (Lipinski definition) is 3. The number of benzene rings is 2. The lowest BCUT2D eigenvalue weighted by Crippen LogP contribution is -2.34. The van der Waals surface area contributed by atoms with E-state index in [1.165, 1.54) is 4.90 Å². The molecule has 0 spiro atoms. The average Bonchev–Trinajstić information content (AvgIpc) is 3.01. The number of rotatable bonds is 8. The third kappa shape index (κ3) is 7.18. The van der Waals surface area contributed by atoms with Gasteiger partial charge in [0.15, 0.2) is 17.5 Å². The second-order valence-corrected chi connectivity index (χ2v) is 7.71. The minimum Gasteiger partial charge on any atom is -0.490 e. The van der Waals surface area contributed by atoms with Crippen LogP contribution in [0.1, 0.15) is 13.3 Å². The van der Waals surface area contributed by atoms with Gasteiger partial charge in [0.05, 0.1) is 13.2 Å². The summed E-state index contributed by atoms with van der Waals surface area (Å²) in [6.07, 6.45) is 0.858. The van der Waals surface area contributed by atoms with Crippen LogP contribution < -0.4 is 25.4 Å². The van der Waals surface area contributed by atoms with Crippen molar-refractivity contribution in [3.8, 4) is 11.5 Å². The van der Waals surface area contributed by atoms with Crippen molar-refractivity contribution in [3.63, 3.8) is 0 Å². The number of nitrogens with zero attached hydrogens (tertiary/aromatic N) is 1. The smallest absolute Gasteiger partial charge is 0.241 e. The van der Waals surface area contributed by atoms with Crippen LogP contribution in [0.4, 0.5) is 5.69 Å². The molecule has 160 valence electrons. The average molecular weight is 429 g/mol. The Kier molecular flexibility index (Phi) is 8.71. The molecular weight excluding hydrogens is 400 g/mol.